The van der Waals surface area contributed by atoms with Crippen LogP contribution >= 0.6 is 22.6 Å². The summed E-state index contributed by atoms with van der Waals surface area (Å²) in [4.78, 5) is 24.4. The summed E-state index contributed by atoms with van der Waals surface area (Å²) in [5.74, 6) is -1.06. The van der Waals surface area contributed by atoms with Gasteiger partial charge in [0.25, 0.3) is 0 Å². The average molecular weight is 362 g/mol. The smallest absolute Gasteiger partial charge is 0.337 e. The Balaban J connectivity index is 2.98. The van der Waals surface area contributed by atoms with Crippen LogP contribution in [-0.4, -0.2) is 35.1 Å². The van der Waals surface area contributed by atoms with E-state index in [0.29, 0.717) is 5.69 Å². The Morgan fingerprint density at radius 3 is 2.50 bits per heavy atom. The second kappa shape index (κ2) is 6.03. The standard InChI is InChI=1S/C12H15IN2O3/c1-7(2)15(3)12(18)14-10-5-4-8(13)6-9(10)11(16)17/h4-7H,1-3H3,(H,14,18)(H,16,17). The summed E-state index contributed by atoms with van der Waals surface area (Å²) in [5.41, 5.74) is 0.396. The first-order valence-electron chi connectivity index (χ1n) is 5.39. The van der Waals surface area contributed by atoms with Gasteiger partial charge >= 0.3 is 12.0 Å². The molecule has 0 aliphatic carbocycles. The van der Waals surface area contributed by atoms with Crippen LogP contribution in [0.4, 0.5) is 10.5 Å². The number of rotatable bonds is 3. The van der Waals surface area contributed by atoms with Crippen LogP contribution in [0.5, 0.6) is 0 Å². The van der Waals surface area contributed by atoms with Crippen molar-refractivity contribution in [2.45, 2.75) is 19.9 Å². The Kier molecular flexibility index (Phi) is 4.94. The van der Waals surface area contributed by atoms with Crippen molar-refractivity contribution in [1.82, 2.24) is 4.90 Å². The van der Waals surface area contributed by atoms with Gasteiger partial charge in [-0.15, -0.1) is 0 Å². The van der Waals surface area contributed by atoms with E-state index in [-0.39, 0.29) is 17.6 Å². The number of nitrogens with one attached hydrogen (secondary N) is 1. The summed E-state index contributed by atoms with van der Waals surface area (Å²) in [6.45, 7) is 3.76. The zero-order valence-corrected chi connectivity index (χ0v) is 12.6. The fourth-order valence-electron chi connectivity index (χ4n) is 1.24. The van der Waals surface area contributed by atoms with Gasteiger partial charge in [0.05, 0.1) is 11.3 Å². The molecule has 0 bridgehead atoms. The average Bonchev–Trinajstić information content (AvgIpc) is 2.29. The largest absolute Gasteiger partial charge is 0.478 e. The molecule has 6 heteroatoms. The van der Waals surface area contributed by atoms with E-state index in [2.05, 4.69) is 5.32 Å². The van der Waals surface area contributed by atoms with Crippen molar-refractivity contribution >= 4 is 40.3 Å². The van der Waals surface area contributed by atoms with Crippen LogP contribution in [0, 0.1) is 3.57 Å². The zero-order chi connectivity index (χ0) is 13.9. The molecule has 1 aromatic rings. The van der Waals surface area contributed by atoms with E-state index in [1.165, 1.54) is 11.0 Å². The van der Waals surface area contributed by atoms with E-state index in [0.717, 1.165) is 3.57 Å². The van der Waals surface area contributed by atoms with Gasteiger partial charge in [0.1, 0.15) is 0 Å². The molecule has 0 aromatic heterocycles. The van der Waals surface area contributed by atoms with Crippen molar-refractivity contribution in [2.75, 3.05) is 12.4 Å². The third kappa shape index (κ3) is 3.59. The van der Waals surface area contributed by atoms with Gasteiger partial charge in [-0.25, -0.2) is 9.59 Å². The molecule has 0 spiro atoms. The van der Waals surface area contributed by atoms with Gasteiger partial charge in [0.2, 0.25) is 0 Å². The van der Waals surface area contributed by atoms with Crippen molar-refractivity contribution in [3.8, 4) is 0 Å². The lowest BCUT2D eigenvalue weighted by Crippen LogP contribution is -2.36. The summed E-state index contributed by atoms with van der Waals surface area (Å²) < 4.78 is 0.806. The van der Waals surface area contributed by atoms with Gasteiger partial charge in [0, 0.05) is 16.7 Å². The number of amides is 2. The third-order valence-corrected chi connectivity index (χ3v) is 3.22. The van der Waals surface area contributed by atoms with Gasteiger partial charge in [0.15, 0.2) is 0 Å². The topological polar surface area (TPSA) is 69.6 Å². The van der Waals surface area contributed by atoms with E-state index in [1.54, 1.807) is 19.2 Å². The highest BCUT2D eigenvalue weighted by Crippen LogP contribution is 2.19. The molecule has 0 aliphatic rings. The summed E-state index contributed by atoms with van der Waals surface area (Å²) in [6, 6.07) is 4.58. The summed E-state index contributed by atoms with van der Waals surface area (Å²) in [5, 5.41) is 11.7. The zero-order valence-electron chi connectivity index (χ0n) is 10.4. The molecule has 2 N–H and O–H groups in total. The van der Waals surface area contributed by atoms with Gasteiger partial charge in [-0.3, -0.25) is 0 Å². The van der Waals surface area contributed by atoms with E-state index < -0.39 is 5.97 Å². The highest BCUT2D eigenvalue weighted by Gasteiger charge is 2.16. The second-order valence-electron chi connectivity index (χ2n) is 4.13. The van der Waals surface area contributed by atoms with Gasteiger partial charge < -0.3 is 15.3 Å². The molecule has 0 heterocycles. The van der Waals surface area contributed by atoms with E-state index in [1.807, 2.05) is 36.4 Å². The van der Waals surface area contributed by atoms with Crippen LogP contribution in [0.25, 0.3) is 0 Å². The molecule has 98 valence electrons. The Bertz CT molecular complexity index is 474. The highest BCUT2D eigenvalue weighted by atomic mass is 127. The van der Waals surface area contributed by atoms with Crippen LogP contribution in [-0.2, 0) is 0 Å². The molecule has 1 aromatic carbocycles. The molecule has 0 unspecified atom stereocenters. The Morgan fingerprint density at radius 2 is 2.00 bits per heavy atom. The fourth-order valence-corrected chi connectivity index (χ4v) is 1.73. The number of nitrogens with zero attached hydrogens (tertiary/aromatic N) is 1. The Labute approximate surface area is 119 Å². The summed E-state index contributed by atoms with van der Waals surface area (Å²) in [7, 11) is 1.66. The molecule has 1 rings (SSSR count). The molecule has 0 radical (unpaired) electrons. The number of halogens is 1. The molecular formula is C12H15IN2O3. The molecule has 0 aliphatic heterocycles. The molecule has 5 nitrogen and oxygen atoms in total. The quantitative estimate of drug-likeness (QED) is 0.813. The lowest BCUT2D eigenvalue weighted by molar-refractivity contribution is 0.0698. The highest BCUT2D eigenvalue weighted by molar-refractivity contribution is 14.1. The SMILES string of the molecule is CC(C)N(C)C(=O)Nc1ccc(I)cc1C(=O)O. The van der Waals surface area contributed by atoms with Crippen LogP contribution in [0.2, 0.25) is 0 Å². The monoisotopic (exact) mass is 362 g/mol. The van der Waals surface area contributed by atoms with Crippen LogP contribution in [0.1, 0.15) is 24.2 Å². The van der Waals surface area contributed by atoms with Gasteiger partial charge in [-0.1, -0.05) is 0 Å². The first-order chi connectivity index (χ1) is 8.32. The molecule has 0 atom stereocenters. The van der Waals surface area contributed by atoms with Gasteiger partial charge in [-0.05, 0) is 54.6 Å². The number of carboxylic acid groups (broad SMARTS) is 1. The maximum atomic E-state index is 11.8. The number of carbonyl (C=O) groups excluding carboxylic acids is 1. The molecular weight excluding hydrogens is 347 g/mol. The van der Waals surface area contributed by atoms with Crippen molar-refractivity contribution in [1.29, 1.82) is 0 Å². The van der Waals surface area contributed by atoms with Crippen molar-refractivity contribution in [3.05, 3.63) is 27.3 Å². The van der Waals surface area contributed by atoms with Crippen molar-refractivity contribution in [2.24, 2.45) is 0 Å². The molecule has 18 heavy (non-hydrogen) atoms. The maximum absolute atomic E-state index is 11.8. The van der Waals surface area contributed by atoms with E-state index in [4.69, 9.17) is 5.11 Å². The van der Waals surface area contributed by atoms with E-state index in [9.17, 15) is 9.59 Å². The normalized spacial score (nSPS) is 10.3. The molecule has 0 fully saturated rings. The fraction of sp³-hybridized carbons (Fsp3) is 0.333. The molecule has 0 saturated heterocycles. The number of hydrogen-bond acceptors (Lipinski definition) is 2. The number of aromatic carboxylic acids is 1. The number of anilines is 1. The Morgan fingerprint density at radius 1 is 1.39 bits per heavy atom. The predicted molar refractivity (Wildman–Crippen MR) is 78.0 cm³/mol. The number of urea groups is 1. The minimum atomic E-state index is -1.06. The number of hydrogen-bond donors (Lipinski definition) is 2. The van der Waals surface area contributed by atoms with Gasteiger partial charge in [-0.2, -0.15) is 0 Å². The summed E-state index contributed by atoms with van der Waals surface area (Å²) in [6.07, 6.45) is 0. The first kappa shape index (κ1) is 14.7. The predicted octanol–water partition coefficient (Wildman–Crippen LogP) is 2.86. The number of carbonyl (C=O) groups is 2. The lowest BCUT2D eigenvalue weighted by Gasteiger charge is -2.22. The van der Waals surface area contributed by atoms with Crippen molar-refractivity contribution < 1.29 is 14.7 Å². The van der Waals surface area contributed by atoms with Crippen LogP contribution < -0.4 is 5.32 Å². The number of benzene rings is 1. The third-order valence-electron chi connectivity index (χ3n) is 2.55. The summed E-state index contributed by atoms with van der Waals surface area (Å²) >= 11 is 2.03. The molecule has 2 amide bonds. The van der Waals surface area contributed by atoms with Crippen molar-refractivity contribution in [3.63, 3.8) is 0 Å². The second-order valence-corrected chi connectivity index (χ2v) is 5.38. The van der Waals surface area contributed by atoms with Crippen LogP contribution in [0.3, 0.4) is 0 Å². The Hall–Kier alpha value is -1.31. The minimum absolute atomic E-state index is 0.0436. The van der Waals surface area contributed by atoms with E-state index >= 15 is 0 Å². The first-order valence-corrected chi connectivity index (χ1v) is 6.47. The lowest BCUT2D eigenvalue weighted by atomic mass is 10.2. The minimum Gasteiger partial charge on any atom is -0.478 e. The van der Waals surface area contributed by atoms with Crippen LogP contribution in [0.15, 0.2) is 18.2 Å². The number of carboxylic acids is 1. The maximum Gasteiger partial charge on any atom is 0.337 e. The molecule has 0 saturated carbocycles.